The number of anilines is 1. The van der Waals surface area contributed by atoms with Gasteiger partial charge in [-0.3, -0.25) is 0 Å². The largest absolute Gasteiger partial charge is 0.494 e. The molecule has 0 atom stereocenters. The summed E-state index contributed by atoms with van der Waals surface area (Å²) in [7, 11) is -0.412. The normalized spacial score (nSPS) is 22.0. The lowest BCUT2D eigenvalue weighted by Gasteiger charge is -2.34. The van der Waals surface area contributed by atoms with E-state index in [0.29, 0.717) is 19.0 Å². The number of benzene rings is 1. The Kier molecular flexibility index (Phi) is 5.69. The molecular formula is C22H35BN2O4. The number of hydrogen-bond acceptors (Lipinski definition) is 5. The second-order valence-electron chi connectivity index (χ2n) is 10.2. The predicted octanol–water partition coefficient (Wildman–Crippen LogP) is 3.68. The van der Waals surface area contributed by atoms with E-state index < -0.39 is 12.7 Å². The van der Waals surface area contributed by atoms with Gasteiger partial charge in [0, 0.05) is 18.8 Å². The van der Waals surface area contributed by atoms with Crippen molar-refractivity contribution in [2.45, 2.75) is 84.0 Å². The van der Waals surface area contributed by atoms with Gasteiger partial charge < -0.3 is 24.7 Å². The Morgan fingerprint density at radius 1 is 1.14 bits per heavy atom. The zero-order valence-corrected chi connectivity index (χ0v) is 18.9. The topological polar surface area (TPSA) is 74.0 Å². The smallest absolute Gasteiger partial charge is 0.444 e. The number of carbonyl (C=O) groups is 1. The highest BCUT2D eigenvalue weighted by Crippen LogP contribution is 2.37. The molecule has 2 heterocycles. The third-order valence-corrected chi connectivity index (χ3v) is 6.22. The number of amides is 1. The number of nitrogen functional groups attached to an aromatic ring is 1. The van der Waals surface area contributed by atoms with Crippen molar-refractivity contribution in [3.05, 3.63) is 23.8 Å². The van der Waals surface area contributed by atoms with E-state index in [4.69, 9.17) is 19.8 Å². The molecule has 6 nitrogen and oxygen atoms in total. The summed E-state index contributed by atoms with van der Waals surface area (Å²) in [5.41, 5.74) is 8.03. The first kappa shape index (κ1) is 22.0. The molecule has 0 aliphatic carbocycles. The minimum absolute atomic E-state index is 0.236. The number of hydrogen-bond donors (Lipinski definition) is 1. The minimum Gasteiger partial charge on any atom is -0.444 e. The maximum Gasteiger partial charge on any atom is 0.494 e. The van der Waals surface area contributed by atoms with Gasteiger partial charge in [0.15, 0.2) is 0 Å². The monoisotopic (exact) mass is 402 g/mol. The quantitative estimate of drug-likeness (QED) is 0.604. The van der Waals surface area contributed by atoms with Gasteiger partial charge >= 0.3 is 13.2 Å². The molecule has 0 saturated carbocycles. The molecule has 2 fully saturated rings. The van der Waals surface area contributed by atoms with Gasteiger partial charge in [-0.25, -0.2) is 4.79 Å². The summed E-state index contributed by atoms with van der Waals surface area (Å²) < 4.78 is 17.8. The van der Waals surface area contributed by atoms with Crippen molar-refractivity contribution in [2.24, 2.45) is 0 Å². The number of likely N-dealkylation sites (tertiary alicyclic amines) is 1. The Hall–Kier alpha value is -1.73. The van der Waals surface area contributed by atoms with Crippen LogP contribution < -0.4 is 11.2 Å². The Labute approximate surface area is 175 Å². The van der Waals surface area contributed by atoms with E-state index in [1.165, 1.54) is 0 Å². The number of ether oxygens (including phenoxy) is 1. The molecule has 2 N–H and O–H groups in total. The molecule has 2 aliphatic rings. The molecule has 1 aromatic rings. The van der Waals surface area contributed by atoms with Crippen molar-refractivity contribution < 1.29 is 18.8 Å². The van der Waals surface area contributed by atoms with Gasteiger partial charge in [-0.15, -0.1) is 0 Å². The minimum atomic E-state index is -0.471. The third kappa shape index (κ3) is 4.72. The van der Waals surface area contributed by atoms with Crippen LogP contribution in [0.15, 0.2) is 18.2 Å². The van der Waals surface area contributed by atoms with E-state index in [1.807, 2.05) is 60.6 Å². The lowest BCUT2D eigenvalue weighted by molar-refractivity contribution is 0.00578. The zero-order valence-electron chi connectivity index (χ0n) is 18.9. The molecule has 1 amide bonds. The van der Waals surface area contributed by atoms with E-state index in [0.717, 1.165) is 29.6 Å². The Bertz CT molecular complexity index is 749. The van der Waals surface area contributed by atoms with Gasteiger partial charge in [0.2, 0.25) is 0 Å². The van der Waals surface area contributed by atoms with E-state index in [-0.39, 0.29) is 17.3 Å². The number of nitrogens with zero attached hydrogens (tertiary/aromatic N) is 1. The predicted molar refractivity (Wildman–Crippen MR) is 116 cm³/mol. The molecular weight excluding hydrogens is 367 g/mol. The first-order valence-electron chi connectivity index (χ1n) is 10.5. The Balaban J connectivity index is 1.64. The lowest BCUT2D eigenvalue weighted by atomic mass is 9.77. The van der Waals surface area contributed by atoms with E-state index in [1.54, 1.807) is 4.90 Å². The first-order chi connectivity index (χ1) is 13.3. The summed E-state index contributed by atoms with van der Waals surface area (Å²) in [6.07, 6.45) is 1.51. The molecule has 29 heavy (non-hydrogen) atoms. The molecule has 0 radical (unpaired) electrons. The SMILES string of the molecule is CC(C)(C)OC(=O)N1CCC(c2ccc(B3OC(C)(C)C(C)(C)O3)cc2N)CC1. The second-order valence-corrected chi connectivity index (χ2v) is 10.2. The van der Waals surface area contributed by atoms with Crippen LogP contribution in [0.1, 0.15) is 72.8 Å². The number of nitrogens with two attached hydrogens (primary N) is 1. The maximum absolute atomic E-state index is 12.3. The molecule has 160 valence electrons. The molecule has 7 heteroatoms. The first-order valence-corrected chi connectivity index (χ1v) is 10.5. The van der Waals surface area contributed by atoms with Gasteiger partial charge in [0.1, 0.15) is 5.60 Å². The molecule has 3 rings (SSSR count). The average molecular weight is 402 g/mol. The van der Waals surface area contributed by atoms with Crippen molar-refractivity contribution >= 4 is 24.4 Å². The molecule has 2 saturated heterocycles. The summed E-state index contributed by atoms with van der Waals surface area (Å²) in [5, 5.41) is 0. The highest BCUT2D eigenvalue weighted by Gasteiger charge is 2.51. The van der Waals surface area contributed by atoms with Crippen LogP contribution in [0.5, 0.6) is 0 Å². The number of rotatable bonds is 2. The summed E-state index contributed by atoms with van der Waals surface area (Å²) in [5.74, 6) is 0.334. The van der Waals surface area contributed by atoms with E-state index >= 15 is 0 Å². The number of carbonyl (C=O) groups excluding carboxylic acids is 1. The van der Waals surface area contributed by atoms with Gasteiger partial charge in [0.05, 0.1) is 11.2 Å². The lowest BCUT2D eigenvalue weighted by Crippen LogP contribution is -2.41. The maximum atomic E-state index is 12.3. The Morgan fingerprint density at radius 3 is 2.17 bits per heavy atom. The molecule has 0 aromatic heterocycles. The summed E-state index contributed by atoms with van der Waals surface area (Å²) in [6.45, 7) is 15.2. The van der Waals surface area contributed by atoms with Crippen LogP contribution in [0.2, 0.25) is 0 Å². The van der Waals surface area contributed by atoms with Crippen LogP contribution in [0.3, 0.4) is 0 Å². The van der Waals surface area contributed by atoms with Gasteiger partial charge in [0.25, 0.3) is 0 Å². The number of piperidine rings is 1. The highest BCUT2D eigenvalue weighted by atomic mass is 16.7. The van der Waals surface area contributed by atoms with E-state index in [2.05, 4.69) is 6.07 Å². The van der Waals surface area contributed by atoms with Crippen LogP contribution in [0.4, 0.5) is 10.5 Å². The summed E-state index contributed by atoms with van der Waals surface area (Å²) in [6, 6.07) is 6.11. The fourth-order valence-corrected chi connectivity index (χ4v) is 3.79. The fourth-order valence-electron chi connectivity index (χ4n) is 3.79. The van der Waals surface area contributed by atoms with Crippen molar-refractivity contribution in [3.63, 3.8) is 0 Å². The van der Waals surface area contributed by atoms with Crippen LogP contribution in [-0.4, -0.2) is 48.0 Å². The van der Waals surface area contributed by atoms with Crippen LogP contribution in [0.25, 0.3) is 0 Å². The molecule has 0 spiro atoms. The second kappa shape index (κ2) is 7.51. The molecule has 0 bridgehead atoms. The van der Waals surface area contributed by atoms with Crippen molar-refractivity contribution in [1.29, 1.82) is 0 Å². The van der Waals surface area contributed by atoms with Gasteiger partial charge in [-0.05, 0) is 84.3 Å². The fraction of sp³-hybridized carbons (Fsp3) is 0.682. The van der Waals surface area contributed by atoms with Crippen molar-refractivity contribution in [3.8, 4) is 0 Å². The standard InChI is InChI=1S/C22H35BN2O4/c1-20(2,3)27-19(26)25-12-10-15(11-13-25)17-9-8-16(14-18(17)24)23-28-21(4,5)22(6,7)29-23/h8-9,14-15H,10-13,24H2,1-7H3. The summed E-state index contributed by atoms with van der Waals surface area (Å²) in [4.78, 5) is 14.1. The zero-order chi connectivity index (χ0) is 21.6. The third-order valence-electron chi connectivity index (χ3n) is 6.22. The van der Waals surface area contributed by atoms with Gasteiger partial charge in [-0.2, -0.15) is 0 Å². The molecule has 2 aliphatic heterocycles. The van der Waals surface area contributed by atoms with Crippen LogP contribution in [-0.2, 0) is 14.0 Å². The van der Waals surface area contributed by atoms with Crippen LogP contribution >= 0.6 is 0 Å². The van der Waals surface area contributed by atoms with E-state index in [9.17, 15) is 4.79 Å². The average Bonchev–Trinajstić information content (AvgIpc) is 2.81. The Morgan fingerprint density at radius 2 is 1.69 bits per heavy atom. The van der Waals surface area contributed by atoms with Gasteiger partial charge in [-0.1, -0.05) is 12.1 Å². The molecule has 1 aromatic carbocycles. The van der Waals surface area contributed by atoms with Crippen molar-refractivity contribution in [2.75, 3.05) is 18.8 Å². The van der Waals surface area contributed by atoms with Crippen LogP contribution in [0, 0.1) is 0 Å². The molecule has 0 unspecified atom stereocenters. The highest BCUT2D eigenvalue weighted by molar-refractivity contribution is 6.62. The summed E-state index contributed by atoms with van der Waals surface area (Å²) >= 11 is 0. The van der Waals surface area contributed by atoms with Crippen molar-refractivity contribution in [1.82, 2.24) is 4.90 Å².